The quantitative estimate of drug-likeness (QED) is 0.269. The highest BCUT2D eigenvalue weighted by molar-refractivity contribution is 14.1. The average molecular weight is 608 g/mol. The van der Waals surface area contributed by atoms with Crippen molar-refractivity contribution in [3.63, 3.8) is 0 Å². The molecular weight excluding hydrogens is 577 g/mol. The Morgan fingerprint density at radius 1 is 1.23 bits per heavy atom. The van der Waals surface area contributed by atoms with Gasteiger partial charge in [-0.25, -0.2) is 4.98 Å². The Kier molecular flexibility index (Phi) is 7.71. The SMILES string of the molecule is COCCN1CCc2nc(C(=O)N[C@@H]3CCC[C@H]3NC(=O)c3cc4cc(CI)ccc4[nH]3)sc2C1. The Morgan fingerprint density at radius 3 is 2.80 bits per heavy atom. The van der Waals surface area contributed by atoms with Crippen LogP contribution >= 0.6 is 33.9 Å². The Bertz CT molecular complexity index is 1230. The molecule has 2 aliphatic rings. The van der Waals surface area contributed by atoms with Crippen molar-refractivity contribution in [2.45, 2.75) is 48.7 Å². The first-order valence-corrected chi connectivity index (χ1v) is 14.4. The van der Waals surface area contributed by atoms with E-state index < -0.39 is 0 Å². The minimum Gasteiger partial charge on any atom is -0.383 e. The molecule has 3 heterocycles. The van der Waals surface area contributed by atoms with Crippen LogP contribution in [0.4, 0.5) is 0 Å². The van der Waals surface area contributed by atoms with E-state index in [1.807, 2.05) is 12.1 Å². The topological polar surface area (TPSA) is 99.3 Å². The molecular formula is C25H30IN5O3S. The van der Waals surface area contributed by atoms with Crippen molar-refractivity contribution in [2.24, 2.45) is 0 Å². The number of nitrogens with zero attached hydrogens (tertiary/aromatic N) is 2. The molecule has 0 saturated heterocycles. The number of carbonyl (C=O) groups is 2. The summed E-state index contributed by atoms with van der Waals surface area (Å²) >= 11 is 3.82. The van der Waals surface area contributed by atoms with E-state index >= 15 is 0 Å². The molecule has 1 aromatic carbocycles. The number of nitrogens with one attached hydrogen (secondary N) is 3. The summed E-state index contributed by atoms with van der Waals surface area (Å²) in [5, 5.41) is 7.84. The van der Waals surface area contributed by atoms with Gasteiger partial charge >= 0.3 is 0 Å². The largest absolute Gasteiger partial charge is 0.383 e. The van der Waals surface area contributed by atoms with Gasteiger partial charge in [0, 0.05) is 65.5 Å². The van der Waals surface area contributed by atoms with Crippen molar-refractivity contribution < 1.29 is 14.3 Å². The number of benzene rings is 1. The monoisotopic (exact) mass is 607 g/mol. The lowest BCUT2D eigenvalue weighted by molar-refractivity contribution is 0.0889. The van der Waals surface area contributed by atoms with Gasteiger partial charge in [0.05, 0.1) is 12.3 Å². The number of H-pyrrole nitrogens is 1. The van der Waals surface area contributed by atoms with Gasteiger partial charge in [-0.1, -0.05) is 28.7 Å². The van der Waals surface area contributed by atoms with Crippen LogP contribution in [0.15, 0.2) is 24.3 Å². The second kappa shape index (κ2) is 10.9. The zero-order valence-corrected chi connectivity index (χ0v) is 22.7. The number of carbonyl (C=O) groups excluding carboxylic acids is 2. The van der Waals surface area contributed by atoms with Crippen LogP contribution in [0.3, 0.4) is 0 Å². The summed E-state index contributed by atoms with van der Waals surface area (Å²) in [5.74, 6) is -0.278. The molecule has 1 aliphatic heterocycles. The van der Waals surface area contributed by atoms with Crippen LogP contribution in [0.5, 0.6) is 0 Å². The molecule has 5 rings (SSSR count). The highest BCUT2D eigenvalue weighted by Gasteiger charge is 2.32. The van der Waals surface area contributed by atoms with Crippen LogP contribution in [-0.2, 0) is 22.1 Å². The van der Waals surface area contributed by atoms with E-state index in [2.05, 4.69) is 60.2 Å². The molecule has 1 saturated carbocycles. The lowest BCUT2D eigenvalue weighted by atomic mass is 10.1. The lowest BCUT2D eigenvalue weighted by Gasteiger charge is -2.25. The fourth-order valence-corrected chi connectivity index (χ4v) is 6.45. The maximum absolute atomic E-state index is 13.0. The van der Waals surface area contributed by atoms with Crippen LogP contribution in [0.25, 0.3) is 10.9 Å². The summed E-state index contributed by atoms with van der Waals surface area (Å²) in [6.07, 6.45) is 3.51. The third kappa shape index (κ3) is 5.55. The third-order valence-corrected chi connectivity index (χ3v) is 8.81. The zero-order chi connectivity index (χ0) is 24.4. The van der Waals surface area contributed by atoms with Crippen LogP contribution in [0.2, 0.25) is 0 Å². The summed E-state index contributed by atoms with van der Waals surface area (Å²) in [7, 11) is 1.71. The number of ether oxygens (including phenoxy) is 1. The summed E-state index contributed by atoms with van der Waals surface area (Å²) in [5.41, 5.74) is 3.77. The van der Waals surface area contributed by atoms with Gasteiger partial charge < -0.3 is 20.4 Å². The summed E-state index contributed by atoms with van der Waals surface area (Å²) in [4.78, 5) is 37.4. The lowest BCUT2D eigenvalue weighted by Crippen LogP contribution is -2.48. The van der Waals surface area contributed by atoms with Crippen molar-refractivity contribution in [2.75, 3.05) is 26.8 Å². The van der Waals surface area contributed by atoms with Crippen LogP contribution in [-0.4, -0.2) is 65.6 Å². The summed E-state index contributed by atoms with van der Waals surface area (Å²) < 4.78 is 6.12. The Morgan fingerprint density at radius 2 is 2.03 bits per heavy atom. The van der Waals surface area contributed by atoms with Gasteiger partial charge in [-0.05, 0) is 43.0 Å². The third-order valence-electron chi connectivity index (χ3n) is 6.85. The Hall–Kier alpha value is -2.02. The maximum Gasteiger partial charge on any atom is 0.280 e. The van der Waals surface area contributed by atoms with Crippen molar-refractivity contribution in [1.29, 1.82) is 0 Å². The Labute approximate surface area is 222 Å². The molecule has 0 radical (unpaired) electrons. The average Bonchev–Trinajstić information content (AvgIpc) is 3.60. The highest BCUT2D eigenvalue weighted by Crippen LogP contribution is 2.26. The van der Waals surface area contributed by atoms with Crippen molar-refractivity contribution in [3.05, 3.63) is 51.1 Å². The number of thiazole rings is 1. The first-order valence-electron chi connectivity index (χ1n) is 12.0. The molecule has 35 heavy (non-hydrogen) atoms. The summed E-state index contributed by atoms with van der Waals surface area (Å²) in [6.45, 7) is 3.34. The number of hydrogen-bond donors (Lipinski definition) is 3. The molecule has 1 aliphatic carbocycles. The number of halogens is 1. The van der Waals surface area contributed by atoms with Crippen LogP contribution in [0.1, 0.15) is 55.7 Å². The number of fused-ring (bicyclic) bond motifs is 2. The van der Waals surface area contributed by atoms with Crippen molar-refractivity contribution in [3.8, 4) is 0 Å². The van der Waals surface area contributed by atoms with Gasteiger partial charge in [-0.2, -0.15) is 0 Å². The van der Waals surface area contributed by atoms with Gasteiger partial charge in [0.1, 0.15) is 5.69 Å². The smallest absolute Gasteiger partial charge is 0.280 e. The van der Waals surface area contributed by atoms with Gasteiger partial charge in [-0.15, -0.1) is 11.3 Å². The molecule has 0 unspecified atom stereocenters. The second-order valence-electron chi connectivity index (χ2n) is 9.24. The minimum absolute atomic E-state index is 0.0955. The molecule has 2 amide bonds. The zero-order valence-electron chi connectivity index (χ0n) is 19.7. The molecule has 2 aromatic heterocycles. The van der Waals surface area contributed by atoms with Crippen molar-refractivity contribution >= 4 is 56.6 Å². The van der Waals surface area contributed by atoms with E-state index in [0.29, 0.717) is 17.3 Å². The highest BCUT2D eigenvalue weighted by atomic mass is 127. The fourth-order valence-electron chi connectivity index (χ4n) is 4.93. The van der Waals surface area contributed by atoms with E-state index in [4.69, 9.17) is 4.74 Å². The minimum atomic E-state index is -0.143. The van der Waals surface area contributed by atoms with Crippen LogP contribution < -0.4 is 10.6 Å². The van der Waals surface area contributed by atoms with E-state index in [1.165, 1.54) is 21.8 Å². The molecule has 3 N–H and O–H groups in total. The number of hydrogen-bond acceptors (Lipinski definition) is 6. The van der Waals surface area contributed by atoms with E-state index in [0.717, 1.165) is 66.3 Å². The summed E-state index contributed by atoms with van der Waals surface area (Å²) in [6, 6.07) is 7.91. The molecule has 3 aromatic rings. The number of amides is 2. The van der Waals surface area contributed by atoms with E-state index in [-0.39, 0.29) is 23.9 Å². The van der Waals surface area contributed by atoms with Crippen LogP contribution in [0, 0.1) is 0 Å². The number of alkyl halides is 1. The molecule has 2 atom stereocenters. The number of rotatable bonds is 8. The maximum atomic E-state index is 13.0. The van der Waals surface area contributed by atoms with Gasteiger partial charge in [0.15, 0.2) is 5.01 Å². The van der Waals surface area contributed by atoms with Gasteiger partial charge in [0.2, 0.25) is 0 Å². The molecule has 1 fully saturated rings. The predicted octanol–water partition coefficient (Wildman–Crippen LogP) is 3.64. The fraction of sp³-hybridized carbons (Fsp3) is 0.480. The van der Waals surface area contributed by atoms with Crippen molar-refractivity contribution in [1.82, 2.24) is 25.5 Å². The Balaban J connectivity index is 1.21. The van der Waals surface area contributed by atoms with E-state index in [9.17, 15) is 9.59 Å². The molecule has 0 spiro atoms. The molecule has 0 bridgehead atoms. The number of methoxy groups -OCH3 is 1. The normalized spacial score (nSPS) is 20.2. The standard InChI is InChI=1S/C25H30IN5O3S/c1-34-10-9-31-8-7-20-22(14-31)35-25(30-20)24(33)29-19-4-2-3-18(19)28-23(32)21-12-16-11-15(13-26)5-6-17(16)27-21/h5-6,11-12,18-19,27H,2-4,7-10,13-14H2,1H3,(H,28,32)(H,29,33)/t18-,19-/m1/s1. The first kappa shape index (κ1) is 24.7. The molecule has 8 nitrogen and oxygen atoms in total. The number of aromatic amines is 1. The van der Waals surface area contributed by atoms with E-state index in [1.54, 1.807) is 7.11 Å². The first-order chi connectivity index (χ1) is 17.0. The second-order valence-corrected chi connectivity index (χ2v) is 11.1. The van der Waals surface area contributed by atoms with Gasteiger partial charge in [-0.3, -0.25) is 14.5 Å². The molecule has 186 valence electrons. The number of aromatic nitrogens is 2. The predicted molar refractivity (Wildman–Crippen MR) is 145 cm³/mol. The van der Waals surface area contributed by atoms with Gasteiger partial charge in [0.25, 0.3) is 11.8 Å². The molecule has 10 heteroatoms.